The SMILES string of the molecule is CCOC(=O)C1([C@H](C)N[C@@H]2CCO[C@H](C(C)C)C2)CCN(C(=O)OC(C)(C)C)CC1. The van der Waals surface area contributed by atoms with Crippen LogP contribution in [0.15, 0.2) is 0 Å². The molecule has 0 aromatic heterocycles. The van der Waals surface area contributed by atoms with E-state index in [-0.39, 0.29) is 24.2 Å². The molecular weight excluding hydrogens is 384 g/mol. The molecule has 1 N–H and O–H groups in total. The molecule has 0 aromatic rings. The Morgan fingerprint density at radius 1 is 1.20 bits per heavy atom. The van der Waals surface area contributed by atoms with Gasteiger partial charge in [-0.3, -0.25) is 4.79 Å². The number of hydrogen-bond acceptors (Lipinski definition) is 6. The number of amides is 1. The smallest absolute Gasteiger partial charge is 0.410 e. The number of nitrogens with one attached hydrogen (secondary N) is 1. The summed E-state index contributed by atoms with van der Waals surface area (Å²) in [5, 5.41) is 3.72. The molecule has 0 radical (unpaired) electrons. The quantitative estimate of drug-likeness (QED) is 0.652. The highest BCUT2D eigenvalue weighted by atomic mass is 16.6. The van der Waals surface area contributed by atoms with Crippen LogP contribution < -0.4 is 5.32 Å². The van der Waals surface area contributed by atoms with Gasteiger partial charge in [-0.1, -0.05) is 13.8 Å². The molecule has 1 amide bonds. The van der Waals surface area contributed by atoms with E-state index in [2.05, 4.69) is 26.1 Å². The zero-order valence-electron chi connectivity index (χ0n) is 20.0. The Hall–Kier alpha value is -1.34. The molecule has 0 aliphatic carbocycles. The first-order chi connectivity index (χ1) is 14.0. The largest absolute Gasteiger partial charge is 0.466 e. The Bertz CT molecular complexity index is 579. The predicted octanol–water partition coefficient (Wildman–Crippen LogP) is 3.75. The lowest BCUT2D eigenvalue weighted by atomic mass is 9.72. The van der Waals surface area contributed by atoms with E-state index < -0.39 is 11.0 Å². The minimum atomic E-state index is -0.639. The number of hydrogen-bond donors (Lipinski definition) is 1. The molecule has 0 aromatic carbocycles. The second-order valence-electron chi connectivity index (χ2n) is 10.1. The molecular formula is C23H42N2O5. The van der Waals surface area contributed by atoms with Crippen LogP contribution in [0.2, 0.25) is 0 Å². The molecule has 2 heterocycles. The second kappa shape index (κ2) is 10.3. The van der Waals surface area contributed by atoms with Gasteiger partial charge in [-0.25, -0.2) is 4.79 Å². The molecule has 0 spiro atoms. The van der Waals surface area contributed by atoms with Crippen molar-refractivity contribution in [2.24, 2.45) is 11.3 Å². The maximum atomic E-state index is 13.1. The van der Waals surface area contributed by atoms with Crippen molar-refractivity contribution in [1.82, 2.24) is 10.2 Å². The van der Waals surface area contributed by atoms with Gasteiger partial charge < -0.3 is 24.4 Å². The number of nitrogens with zero attached hydrogens (tertiary/aromatic N) is 1. The summed E-state index contributed by atoms with van der Waals surface area (Å²) in [4.78, 5) is 27.2. The van der Waals surface area contributed by atoms with E-state index in [9.17, 15) is 9.59 Å². The minimum Gasteiger partial charge on any atom is -0.466 e. The first-order valence-corrected chi connectivity index (χ1v) is 11.5. The number of piperidine rings is 1. The maximum Gasteiger partial charge on any atom is 0.410 e. The summed E-state index contributed by atoms with van der Waals surface area (Å²) < 4.78 is 16.9. The van der Waals surface area contributed by atoms with Gasteiger partial charge in [0.1, 0.15) is 5.60 Å². The normalized spacial score (nSPS) is 25.7. The lowest BCUT2D eigenvalue weighted by Gasteiger charge is -2.45. The van der Waals surface area contributed by atoms with Crippen LogP contribution in [0, 0.1) is 11.3 Å². The van der Waals surface area contributed by atoms with Gasteiger partial charge in [-0.2, -0.15) is 0 Å². The summed E-state index contributed by atoms with van der Waals surface area (Å²) in [5.74, 6) is 0.308. The lowest BCUT2D eigenvalue weighted by molar-refractivity contribution is -0.161. The van der Waals surface area contributed by atoms with Crippen LogP contribution in [-0.2, 0) is 19.0 Å². The van der Waals surface area contributed by atoms with Crippen molar-refractivity contribution in [2.45, 2.75) is 97.9 Å². The molecule has 0 bridgehead atoms. The second-order valence-corrected chi connectivity index (χ2v) is 10.1. The van der Waals surface area contributed by atoms with Crippen molar-refractivity contribution < 1.29 is 23.8 Å². The third-order valence-electron chi connectivity index (χ3n) is 6.36. The zero-order chi connectivity index (χ0) is 22.5. The number of likely N-dealkylation sites (tertiary alicyclic amines) is 1. The van der Waals surface area contributed by atoms with Crippen molar-refractivity contribution in [3.8, 4) is 0 Å². The van der Waals surface area contributed by atoms with E-state index >= 15 is 0 Å². The minimum absolute atomic E-state index is 0.0479. The Balaban J connectivity index is 2.07. The van der Waals surface area contributed by atoms with E-state index in [1.807, 2.05) is 27.7 Å². The molecule has 2 aliphatic heterocycles. The monoisotopic (exact) mass is 426 g/mol. The summed E-state index contributed by atoms with van der Waals surface area (Å²) in [6.45, 7) is 16.0. The average molecular weight is 427 g/mol. The number of carbonyl (C=O) groups excluding carboxylic acids is 2. The summed E-state index contributed by atoms with van der Waals surface area (Å²) in [6.07, 6.45) is 2.95. The van der Waals surface area contributed by atoms with Crippen molar-refractivity contribution >= 4 is 12.1 Å². The Morgan fingerprint density at radius 2 is 1.83 bits per heavy atom. The molecule has 2 rings (SSSR count). The molecule has 174 valence electrons. The first-order valence-electron chi connectivity index (χ1n) is 11.5. The molecule has 30 heavy (non-hydrogen) atoms. The highest BCUT2D eigenvalue weighted by Gasteiger charge is 2.48. The average Bonchev–Trinajstić information content (AvgIpc) is 2.67. The van der Waals surface area contributed by atoms with Crippen LogP contribution in [0.25, 0.3) is 0 Å². The fraction of sp³-hybridized carbons (Fsp3) is 0.913. The van der Waals surface area contributed by atoms with Crippen LogP contribution in [0.5, 0.6) is 0 Å². The Labute approximate surface area is 182 Å². The Kier molecular flexibility index (Phi) is 8.57. The van der Waals surface area contributed by atoms with E-state index in [0.717, 1.165) is 19.4 Å². The van der Waals surface area contributed by atoms with Gasteiger partial charge in [0.2, 0.25) is 0 Å². The summed E-state index contributed by atoms with van der Waals surface area (Å²) in [5.41, 5.74) is -1.17. The molecule has 7 heteroatoms. The van der Waals surface area contributed by atoms with Gasteiger partial charge in [0.15, 0.2) is 0 Å². The van der Waals surface area contributed by atoms with Crippen molar-refractivity contribution in [2.75, 3.05) is 26.3 Å². The summed E-state index contributed by atoms with van der Waals surface area (Å²) in [6, 6.07) is 0.268. The predicted molar refractivity (Wildman–Crippen MR) is 116 cm³/mol. The van der Waals surface area contributed by atoms with Crippen LogP contribution in [0.1, 0.15) is 74.1 Å². The summed E-state index contributed by atoms with van der Waals surface area (Å²) >= 11 is 0. The van der Waals surface area contributed by atoms with Crippen molar-refractivity contribution in [3.63, 3.8) is 0 Å². The topological polar surface area (TPSA) is 77.1 Å². The van der Waals surface area contributed by atoms with E-state index in [1.165, 1.54) is 0 Å². The zero-order valence-corrected chi connectivity index (χ0v) is 20.0. The van der Waals surface area contributed by atoms with Gasteiger partial charge >= 0.3 is 12.1 Å². The number of ether oxygens (including phenoxy) is 3. The van der Waals surface area contributed by atoms with Gasteiger partial charge in [-0.05, 0) is 66.2 Å². The number of carbonyl (C=O) groups is 2. The highest BCUT2D eigenvalue weighted by Crippen LogP contribution is 2.38. The Morgan fingerprint density at radius 3 is 2.37 bits per heavy atom. The summed E-state index contributed by atoms with van der Waals surface area (Å²) in [7, 11) is 0. The maximum absolute atomic E-state index is 13.1. The molecule has 0 unspecified atom stereocenters. The third-order valence-corrected chi connectivity index (χ3v) is 6.36. The third kappa shape index (κ3) is 6.33. The number of rotatable bonds is 6. The first kappa shape index (κ1) is 24.9. The molecule has 2 saturated heterocycles. The van der Waals surface area contributed by atoms with Gasteiger partial charge in [0.25, 0.3) is 0 Å². The molecule has 2 fully saturated rings. The molecule has 7 nitrogen and oxygen atoms in total. The van der Waals surface area contributed by atoms with Crippen molar-refractivity contribution in [3.05, 3.63) is 0 Å². The van der Waals surface area contributed by atoms with Crippen LogP contribution in [0.3, 0.4) is 0 Å². The van der Waals surface area contributed by atoms with Crippen LogP contribution >= 0.6 is 0 Å². The molecule has 2 aliphatic rings. The standard InChI is InChI=1S/C23H42N2O5/c1-8-28-20(26)23(10-12-25(13-11-23)21(27)30-22(5,6)7)17(4)24-18-9-14-29-19(15-18)16(2)3/h16-19,24H,8-15H2,1-7H3/t17-,18+,19-/m0/s1. The fourth-order valence-corrected chi connectivity index (χ4v) is 4.46. The molecule has 3 atom stereocenters. The van der Waals surface area contributed by atoms with Crippen LogP contribution in [0.4, 0.5) is 4.79 Å². The van der Waals surface area contributed by atoms with E-state index in [1.54, 1.807) is 4.90 Å². The van der Waals surface area contributed by atoms with Crippen LogP contribution in [-0.4, -0.2) is 67.1 Å². The van der Waals surface area contributed by atoms with E-state index in [4.69, 9.17) is 14.2 Å². The van der Waals surface area contributed by atoms with Gasteiger partial charge in [-0.15, -0.1) is 0 Å². The van der Waals surface area contributed by atoms with Gasteiger partial charge in [0.05, 0.1) is 18.1 Å². The van der Waals surface area contributed by atoms with E-state index in [0.29, 0.717) is 44.5 Å². The number of esters is 1. The molecule has 0 saturated carbocycles. The lowest BCUT2D eigenvalue weighted by Crippen LogP contribution is -2.58. The van der Waals surface area contributed by atoms with Crippen molar-refractivity contribution in [1.29, 1.82) is 0 Å². The fourth-order valence-electron chi connectivity index (χ4n) is 4.46. The van der Waals surface area contributed by atoms with Gasteiger partial charge in [0, 0.05) is 31.8 Å². The highest BCUT2D eigenvalue weighted by molar-refractivity contribution is 5.78.